The van der Waals surface area contributed by atoms with Gasteiger partial charge in [-0.25, -0.2) is 15.0 Å². The molecule has 2 atom stereocenters. The number of rotatable bonds is 11. The van der Waals surface area contributed by atoms with Gasteiger partial charge in [-0.15, -0.1) is 0 Å². The molecule has 4 fully saturated rings. The maximum Gasteiger partial charge on any atom is 0.254 e. The van der Waals surface area contributed by atoms with Gasteiger partial charge in [0.25, 0.3) is 5.91 Å². The first kappa shape index (κ1) is 33.3. The molecule has 0 radical (unpaired) electrons. The zero-order valence-corrected chi connectivity index (χ0v) is 29.8. The Morgan fingerprint density at radius 2 is 1.65 bits per heavy atom. The van der Waals surface area contributed by atoms with E-state index in [9.17, 15) is 4.79 Å². The van der Waals surface area contributed by atoms with Crippen molar-refractivity contribution in [2.45, 2.75) is 97.1 Å². The van der Waals surface area contributed by atoms with E-state index in [1.807, 2.05) is 56.6 Å². The Bertz CT molecular complexity index is 1790. The molecule has 0 spiro atoms. The molecule has 256 valence electrons. The number of aromatic nitrogens is 4. The average Bonchev–Trinajstić information content (AvgIpc) is 3.04. The van der Waals surface area contributed by atoms with Crippen LogP contribution in [0.15, 0.2) is 60.9 Å². The molecule has 1 saturated heterocycles. The van der Waals surface area contributed by atoms with Crippen LogP contribution in [0.25, 0.3) is 11.3 Å². The van der Waals surface area contributed by atoms with Gasteiger partial charge in [-0.3, -0.25) is 4.79 Å². The zero-order valence-electron chi connectivity index (χ0n) is 29.8. The molecule has 1 aliphatic heterocycles. The van der Waals surface area contributed by atoms with Gasteiger partial charge in [0, 0.05) is 48.7 Å². The van der Waals surface area contributed by atoms with Crippen molar-refractivity contribution in [1.82, 2.24) is 24.8 Å². The minimum atomic E-state index is -0.348. The molecule has 1 amide bonds. The smallest absolute Gasteiger partial charge is 0.254 e. The molecule has 3 aliphatic carbocycles. The summed E-state index contributed by atoms with van der Waals surface area (Å²) in [5.74, 6) is 3.47. The van der Waals surface area contributed by atoms with Gasteiger partial charge in [0.2, 0.25) is 5.88 Å². The molecule has 3 heterocycles. The van der Waals surface area contributed by atoms with E-state index in [4.69, 9.17) is 29.4 Å². The molecule has 1 unspecified atom stereocenters. The Morgan fingerprint density at radius 3 is 2.29 bits per heavy atom. The highest BCUT2D eigenvalue weighted by Gasteiger charge is 2.71. The lowest BCUT2D eigenvalue weighted by Gasteiger charge is -2.72. The van der Waals surface area contributed by atoms with Crippen LogP contribution in [-0.4, -0.2) is 62.1 Å². The summed E-state index contributed by atoms with van der Waals surface area (Å²) in [6, 6.07) is 16.0. The number of nitrogens with zero attached hydrogens (tertiary/aromatic N) is 5. The van der Waals surface area contributed by atoms with Gasteiger partial charge in [-0.1, -0.05) is 49.7 Å². The summed E-state index contributed by atoms with van der Waals surface area (Å²) in [6.45, 7) is 14.5. The number of hydrogen-bond donors (Lipinski definition) is 0. The lowest BCUT2D eigenvalue weighted by atomic mass is 9.41. The summed E-state index contributed by atoms with van der Waals surface area (Å²) in [6.07, 6.45) is 8.77. The number of carbonyl (C=O) groups is 1. The summed E-state index contributed by atoms with van der Waals surface area (Å²) in [7, 11) is 0. The standard InChI is InChI=1S/C41H49N5O3/c1-25(2)17-34(24-49-36-19-35(44-29(6)45-36)37-27(4)10-8-11-28(37)5)46(40(47)31-12-7-9-26(3)18-31)41-20-32(21-41)38(41)39-42-22-33(23-43-39)30-13-15-48-16-14-30/h7-12,18-19,22-23,25,30,32,34,38H,13-17,20-21,24H2,1-6H3/t32?,34-,38?,41?/m1/s1. The fourth-order valence-corrected chi connectivity index (χ4v) is 8.59. The van der Waals surface area contributed by atoms with Crippen LogP contribution in [0.1, 0.15) is 102 Å². The van der Waals surface area contributed by atoms with E-state index in [2.05, 4.69) is 50.8 Å². The number of ether oxygens (including phenoxy) is 2. The van der Waals surface area contributed by atoms with Crippen LogP contribution in [0, 0.1) is 39.5 Å². The highest BCUT2D eigenvalue weighted by molar-refractivity contribution is 5.95. The monoisotopic (exact) mass is 659 g/mol. The topological polar surface area (TPSA) is 90.3 Å². The number of amides is 1. The van der Waals surface area contributed by atoms with Crippen molar-refractivity contribution in [1.29, 1.82) is 0 Å². The maximum atomic E-state index is 14.8. The second-order valence-electron chi connectivity index (χ2n) is 15.1. The average molecular weight is 660 g/mol. The van der Waals surface area contributed by atoms with Crippen molar-refractivity contribution in [2.75, 3.05) is 19.8 Å². The molecule has 0 N–H and O–H groups in total. The fourth-order valence-electron chi connectivity index (χ4n) is 8.59. The van der Waals surface area contributed by atoms with Gasteiger partial charge >= 0.3 is 0 Å². The predicted octanol–water partition coefficient (Wildman–Crippen LogP) is 7.94. The minimum Gasteiger partial charge on any atom is -0.475 e. The predicted molar refractivity (Wildman–Crippen MR) is 191 cm³/mol. The molecule has 4 aliphatic rings. The molecule has 4 aromatic rings. The van der Waals surface area contributed by atoms with Gasteiger partial charge in [-0.05, 0) is 106 Å². The van der Waals surface area contributed by atoms with Crippen molar-refractivity contribution < 1.29 is 14.3 Å². The van der Waals surface area contributed by atoms with Gasteiger partial charge < -0.3 is 14.4 Å². The quantitative estimate of drug-likeness (QED) is 0.161. The number of aryl methyl sites for hydroxylation is 4. The van der Waals surface area contributed by atoms with E-state index < -0.39 is 0 Å². The summed E-state index contributed by atoms with van der Waals surface area (Å²) >= 11 is 0. The van der Waals surface area contributed by atoms with E-state index in [0.717, 1.165) is 79.1 Å². The van der Waals surface area contributed by atoms with E-state index in [0.29, 0.717) is 41.6 Å². The van der Waals surface area contributed by atoms with Crippen molar-refractivity contribution in [3.05, 3.63) is 100 Å². The third-order valence-electron chi connectivity index (χ3n) is 11.0. The van der Waals surface area contributed by atoms with Crippen LogP contribution in [0.4, 0.5) is 0 Å². The lowest BCUT2D eigenvalue weighted by molar-refractivity contribution is -0.172. The summed E-state index contributed by atoms with van der Waals surface area (Å²) in [4.78, 5) is 36.4. The van der Waals surface area contributed by atoms with Crippen molar-refractivity contribution in [3.8, 4) is 17.1 Å². The van der Waals surface area contributed by atoms with E-state index in [1.165, 1.54) is 5.56 Å². The summed E-state index contributed by atoms with van der Waals surface area (Å²) < 4.78 is 12.2. The number of benzene rings is 2. The first-order valence-electron chi connectivity index (χ1n) is 18.0. The molecule has 8 nitrogen and oxygen atoms in total. The molecule has 3 saturated carbocycles. The second kappa shape index (κ2) is 13.6. The largest absolute Gasteiger partial charge is 0.475 e. The molecule has 2 aromatic heterocycles. The molecule has 8 rings (SSSR count). The van der Waals surface area contributed by atoms with Crippen LogP contribution < -0.4 is 4.74 Å². The van der Waals surface area contributed by atoms with Gasteiger partial charge in [-0.2, -0.15) is 4.98 Å². The molecule has 2 bridgehead atoms. The fraction of sp³-hybridized carbons (Fsp3) is 0.488. The second-order valence-corrected chi connectivity index (χ2v) is 15.1. The van der Waals surface area contributed by atoms with Crippen LogP contribution in [0.3, 0.4) is 0 Å². The Balaban J connectivity index is 1.21. The van der Waals surface area contributed by atoms with Crippen LogP contribution in [0.2, 0.25) is 0 Å². The van der Waals surface area contributed by atoms with Gasteiger partial charge in [0.1, 0.15) is 18.3 Å². The zero-order chi connectivity index (χ0) is 34.3. The Kier molecular flexibility index (Phi) is 9.27. The van der Waals surface area contributed by atoms with E-state index in [1.54, 1.807) is 0 Å². The van der Waals surface area contributed by atoms with E-state index in [-0.39, 0.29) is 23.4 Å². The lowest BCUT2D eigenvalue weighted by Crippen LogP contribution is -2.77. The molecular formula is C41H49N5O3. The minimum absolute atomic E-state index is 0.0509. The van der Waals surface area contributed by atoms with Crippen LogP contribution in [-0.2, 0) is 4.74 Å². The van der Waals surface area contributed by atoms with Crippen molar-refractivity contribution >= 4 is 5.91 Å². The first-order chi connectivity index (χ1) is 23.6. The van der Waals surface area contributed by atoms with Crippen LogP contribution >= 0.6 is 0 Å². The van der Waals surface area contributed by atoms with Gasteiger partial charge in [0.05, 0.1) is 17.3 Å². The van der Waals surface area contributed by atoms with Crippen molar-refractivity contribution in [3.63, 3.8) is 0 Å². The third-order valence-corrected chi connectivity index (χ3v) is 11.0. The van der Waals surface area contributed by atoms with Crippen LogP contribution in [0.5, 0.6) is 5.88 Å². The van der Waals surface area contributed by atoms with Gasteiger partial charge in [0.15, 0.2) is 0 Å². The highest BCUT2D eigenvalue weighted by Crippen LogP contribution is 2.69. The Hall–Kier alpha value is -4.17. The third kappa shape index (κ3) is 6.48. The summed E-state index contributed by atoms with van der Waals surface area (Å²) in [5.41, 5.74) is 6.90. The molecule has 49 heavy (non-hydrogen) atoms. The highest BCUT2D eigenvalue weighted by atomic mass is 16.5. The molecular weight excluding hydrogens is 610 g/mol. The first-order valence-corrected chi connectivity index (χ1v) is 18.0. The van der Waals surface area contributed by atoms with Crippen molar-refractivity contribution in [2.24, 2.45) is 11.8 Å². The normalized spacial score (nSPS) is 22.3. The number of carbonyl (C=O) groups excluding carboxylic acids is 1. The van der Waals surface area contributed by atoms with E-state index >= 15 is 0 Å². The Labute approximate surface area is 290 Å². The maximum absolute atomic E-state index is 14.8. The molecule has 2 aromatic carbocycles. The molecule has 8 heteroatoms. The number of hydrogen-bond acceptors (Lipinski definition) is 7. The SMILES string of the molecule is Cc1cccc(C(=O)N([C@@H](COc2cc(-c3c(C)cccc3C)nc(C)n2)CC(C)C)C23CC(C2)C3c2ncc(C3CCOCC3)cn2)c1. The summed E-state index contributed by atoms with van der Waals surface area (Å²) in [5, 5.41) is 0. The Morgan fingerprint density at radius 1 is 0.959 bits per heavy atom.